The van der Waals surface area contributed by atoms with Crippen LogP contribution in [-0.4, -0.2) is 18.1 Å². The van der Waals surface area contributed by atoms with E-state index in [2.05, 4.69) is 30.9 Å². The summed E-state index contributed by atoms with van der Waals surface area (Å²) in [6.45, 7) is 6.72. The van der Waals surface area contributed by atoms with Gasteiger partial charge in [-0.05, 0) is 49.4 Å². The molecule has 2 N–H and O–H groups in total. The average Bonchev–Trinajstić information content (AvgIpc) is 2.28. The quantitative estimate of drug-likeness (QED) is 0.816. The molecule has 0 radical (unpaired) electrons. The van der Waals surface area contributed by atoms with Gasteiger partial charge < -0.3 is 10.6 Å². The average molecular weight is 248 g/mol. The highest BCUT2D eigenvalue weighted by Gasteiger charge is 2.17. The van der Waals surface area contributed by atoms with E-state index in [1.165, 1.54) is 24.1 Å². The molecule has 0 amide bonds. The standard InChI is InChI=1S/C14H20N2S/c1-10-4-3-7-16(9-10)12-5-6-13(14(15)17)11(2)8-12/h5-6,8,10H,3-4,7,9H2,1-2H3,(H2,15,17). The summed E-state index contributed by atoms with van der Waals surface area (Å²) in [5, 5.41) is 0. The smallest absolute Gasteiger partial charge is 0.104 e. The lowest BCUT2D eigenvalue weighted by molar-refractivity contribution is 0.447. The molecule has 1 heterocycles. The van der Waals surface area contributed by atoms with Crippen LogP contribution < -0.4 is 10.6 Å². The van der Waals surface area contributed by atoms with Gasteiger partial charge in [0, 0.05) is 24.3 Å². The van der Waals surface area contributed by atoms with Crippen LogP contribution in [0.3, 0.4) is 0 Å². The highest BCUT2D eigenvalue weighted by molar-refractivity contribution is 7.80. The summed E-state index contributed by atoms with van der Waals surface area (Å²) in [5.41, 5.74) is 9.15. The lowest BCUT2D eigenvalue weighted by Gasteiger charge is -2.33. The van der Waals surface area contributed by atoms with Crippen LogP contribution in [-0.2, 0) is 0 Å². The topological polar surface area (TPSA) is 29.3 Å². The number of aryl methyl sites for hydroxylation is 1. The van der Waals surface area contributed by atoms with Crippen LogP contribution in [0, 0.1) is 12.8 Å². The summed E-state index contributed by atoms with van der Waals surface area (Å²) in [6, 6.07) is 6.39. The van der Waals surface area contributed by atoms with E-state index >= 15 is 0 Å². The zero-order valence-corrected chi connectivity index (χ0v) is 11.4. The fraction of sp³-hybridized carbons (Fsp3) is 0.500. The van der Waals surface area contributed by atoms with Crippen molar-refractivity contribution in [3.05, 3.63) is 29.3 Å². The van der Waals surface area contributed by atoms with E-state index in [1.54, 1.807) is 0 Å². The number of thiocarbonyl (C=S) groups is 1. The monoisotopic (exact) mass is 248 g/mol. The number of nitrogens with zero attached hydrogens (tertiary/aromatic N) is 1. The predicted molar refractivity (Wildman–Crippen MR) is 77.7 cm³/mol. The van der Waals surface area contributed by atoms with Crippen LogP contribution in [0.4, 0.5) is 5.69 Å². The maximum Gasteiger partial charge on any atom is 0.104 e. The zero-order valence-electron chi connectivity index (χ0n) is 10.6. The summed E-state index contributed by atoms with van der Waals surface area (Å²) in [7, 11) is 0. The largest absolute Gasteiger partial charge is 0.389 e. The summed E-state index contributed by atoms with van der Waals surface area (Å²) >= 11 is 5.03. The fourth-order valence-corrected chi connectivity index (χ4v) is 2.77. The van der Waals surface area contributed by atoms with E-state index in [4.69, 9.17) is 18.0 Å². The van der Waals surface area contributed by atoms with Crippen LogP contribution in [0.1, 0.15) is 30.9 Å². The molecule has 1 fully saturated rings. The van der Waals surface area contributed by atoms with Crippen molar-refractivity contribution in [3.63, 3.8) is 0 Å². The Hall–Kier alpha value is -1.09. The summed E-state index contributed by atoms with van der Waals surface area (Å²) in [5.74, 6) is 0.791. The molecular weight excluding hydrogens is 228 g/mol. The Labute approximate surface area is 109 Å². The molecule has 0 aromatic heterocycles. The van der Waals surface area contributed by atoms with Gasteiger partial charge >= 0.3 is 0 Å². The zero-order chi connectivity index (χ0) is 12.4. The first-order valence-electron chi connectivity index (χ1n) is 6.23. The van der Waals surface area contributed by atoms with E-state index < -0.39 is 0 Å². The van der Waals surface area contributed by atoms with Gasteiger partial charge in [-0.2, -0.15) is 0 Å². The van der Waals surface area contributed by atoms with Crippen molar-refractivity contribution in [2.24, 2.45) is 11.7 Å². The maximum atomic E-state index is 5.68. The Balaban J connectivity index is 2.22. The molecule has 1 aromatic carbocycles. The molecule has 0 spiro atoms. The predicted octanol–water partition coefficient (Wildman–Crippen LogP) is 2.87. The minimum Gasteiger partial charge on any atom is -0.389 e. The number of rotatable bonds is 2. The number of nitrogens with two attached hydrogens (primary N) is 1. The molecule has 2 rings (SSSR count). The molecule has 1 saturated heterocycles. The first kappa shape index (κ1) is 12.4. The Morgan fingerprint density at radius 1 is 1.47 bits per heavy atom. The minimum absolute atomic E-state index is 0.487. The van der Waals surface area contributed by atoms with Gasteiger partial charge in [0.05, 0.1) is 0 Å². The van der Waals surface area contributed by atoms with Crippen LogP contribution in [0.25, 0.3) is 0 Å². The first-order chi connectivity index (χ1) is 8.08. The van der Waals surface area contributed by atoms with Gasteiger partial charge in [-0.1, -0.05) is 19.1 Å². The second kappa shape index (κ2) is 5.05. The molecule has 92 valence electrons. The van der Waals surface area contributed by atoms with Gasteiger partial charge in [0.1, 0.15) is 4.99 Å². The number of hydrogen-bond donors (Lipinski definition) is 1. The molecule has 0 saturated carbocycles. The van der Waals surface area contributed by atoms with Crippen molar-refractivity contribution < 1.29 is 0 Å². The molecule has 2 nitrogen and oxygen atoms in total. The van der Waals surface area contributed by atoms with E-state index in [9.17, 15) is 0 Å². The maximum absolute atomic E-state index is 5.68. The molecule has 1 aliphatic rings. The normalized spacial score (nSPS) is 20.4. The number of hydrogen-bond acceptors (Lipinski definition) is 2. The summed E-state index contributed by atoms with van der Waals surface area (Å²) in [6.07, 6.45) is 2.64. The van der Waals surface area contributed by atoms with Gasteiger partial charge in [0.2, 0.25) is 0 Å². The van der Waals surface area contributed by atoms with Crippen LogP contribution >= 0.6 is 12.2 Å². The summed E-state index contributed by atoms with van der Waals surface area (Å²) < 4.78 is 0. The fourth-order valence-electron chi connectivity index (χ4n) is 2.54. The molecule has 1 aromatic rings. The van der Waals surface area contributed by atoms with E-state index in [1.807, 2.05) is 6.07 Å². The minimum atomic E-state index is 0.487. The van der Waals surface area contributed by atoms with E-state index in [0.29, 0.717) is 4.99 Å². The molecule has 3 heteroatoms. The van der Waals surface area contributed by atoms with Gasteiger partial charge in [-0.15, -0.1) is 0 Å². The third-order valence-corrected chi connectivity index (χ3v) is 3.72. The van der Waals surface area contributed by atoms with Crippen LogP contribution in [0.5, 0.6) is 0 Å². The van der Waals surface area contributed by atoms with Crippen LogP contribution in [0.15, 0.2) is 18.2 Å². The van der Waals surface area contributed by atoms with Crippen molar-refractivity contribution in [1.29, 1.82) is 0 Å². The second-order valence-corrected chi connectivity index (χ2v) is 5.50. The van der Waals surface area contributed by atoms with Crippen molar-refractivity contribution in [2.45, 2.75) is 26.7 Å². The SMILES string of the molecule is Cc1cc(N2CCCC(C)C2)ccc1C(N)=S. The summed E-state index contributed by atoms with van der Waals surface area (Å²) in [4.78, 5) is 2.95. The Kier molecular flexibility index (Phi) is 3.67. The molecule has 0 aliphatic carbocycles. The molecule has 1 aliphatic heterocycles. The number of piperidine rings is 1. The van der Waals surface area contributed by atoms with E-state index in [0.717, 1.165) is 24.6 Å². The van der Waals surface area contributed by atoms with Gasteiger partial charge in [-0.25, -0.2) is 0 Å². The van der Waals surface area contributed by atoms with Gasteiger partial charge in [0.25, 0.3) is 0 Å². The lowest BCUT2D eigenvalue weighted by Crippen LogP contribution is -2.34. The van der Waals surface area contributed by atoms with Crippen molar-refractivity contribution >= 4 is 22.9 Å². The van der Waals surface area contributed by atoms with Crippen molar-refractivity contribution in [2.75, 3.05) is 18.0 Å². The highest BCUT2D eigenvalue weighted by Crippen LogP contribution is 2.24. The van der Waals surface area contributed by atoms with Crippen molar-refractivity contribution in [3.8, 4) is 0 Å². The Bertz CT molecular complexity index is 428. The Morgan fingerprint density at radius 3 is 2.82 bits per heavy atom. The lowest BCUT2D eigenvalue weighted by atomic mass is 9.99. The van der Waals surface area contributed by atoms with Gasteiger partial charge in [-0.3, -0.25) is 0 Å². The van der Waals surface area contributed by atoms with Crippen molar-refractivity contribution in [1.82, 2.24) is 0 Å². The number of benzene rings is 1. The number of anilines is 1. The third-order valence-electron chi connectivity index (χ3n) is 3.50. The molecule has 1 unspecified atom stereocenters. The third kappa shape index (κ3) is 2.78. The second-order valence-electron chi connectivity index (χ2n) is 5.06. The molecular formula is C14H20N2S. The van der Waals surface area contributed by atoms with Crippen LogP contribution in [0.2, 0.25) is 0 Å². The molecule has 1 atom stereocenters. The van der Waals surface area contributed by atoms with E-state index in [-0.39, 0.29) is 0 Å². The van der Waals surface area contributed by atoms with Gasteiger partial charge in [0.15, 0.2) is 0 Å². The molecule has 17 heavy (non-hydrogen) atoms. The first-order valence-corrected chi connectivity index (χ1v) is 6.64. The Morgan fingerprint density at radius 2 is 2.24 bits per heavy atom. The molecule has 0 bridgehead atoms. The highest BCUT2D eigenvalue weighted by atomic mass is 32.1.